The highest BCUT2D eigenvalue weighted by Crippen LogP contribution is 2.19. The Morgan fingerprint density at radius 2 is 0.602 bits per heavy atom. The molecular formula is C95H137N13. The summed E-state index contributed by atoms with van der Waals surface area (Å²) in [5.41, 5.74) is 13.0. The van der Waals surface area contributed by atoms with Gasteiger partial charge in [0, 0.05) is 112 Å². The van der Waals surface area contributed by atoms with E-state index in [1.165, 1.54) is 107 Å². The molecule has 0 amide bonds. The van der Waals surface area contributed by atoms with Gasteiger partial charge >= 0.3 is 0 Å². The molecule has 0 unspecified atom stereocenters. The average Bonchev–Trinajstić information content (AvgIpc) is 0.886. The first kappa shape index (κ1) is 108. The Kier molecular flexibility index (Phi) is 72.8. The summed E-state index contributed by atoms with van der Waals surface area (Å²) < 4.78 is 0. The topological polar surface area (TPSA) is 168 Å². The Hall–Kier alpha value is -11.1. The van der Waals surface area contributed by atoms with E-state index in [1.807, 2.05) is 274 Å². The molecule has 0 aliphatic carbocycles. The molecule has 15 aromatic rings. The number of hydrogen-bond acceptors (Lipinski definition) is 13. The quantitative estimate of drug-likeness (QED) is 0.141. The lowest BCUT2D eigenvalue weighted by Crippen LogP contribution is -1.84. The van der Waals surface area contributed by atoms with Crippen LogP contribution in [0.1, 0.15) is 197 Å². The van der Waals surface area contributed by atoms with Gasteiger partial charge in [0.15, 0.2) is 0 Å². The first-order chi connectivity index (χ1) is 51.4. The van der Waals surface area contributed by atoms with E-state index in [4.69, 9.17) is 0 Å². The third-order valence-electron chi connectivity index (χ3n) is 13.3. The lowest BCUT2D eigenvalue weighted by atomic mass is 10.1. The molecule has 0 N–H and O–H groups in total. The molecule has 0 saturated heterocycles. The Balaban J connectivity index is -0.000000264. The third-order valence-corrected chi connectivity index (χ3v) is 13.3. The summed E-state index contributed by atoms with van der Waals surface area (Å²) in [6.45, 7) is 54.3. The molecule has 13 nitrogen and oxygen atoms in total. The SMILES string of the molecule is C.C.C.CC.CC.CC.CC.CC.CC.CC.CC.CC.Cc1cccc2cccnc12.Cc1cccc2ccncc12.Cc1cccc2cnccc12.Cc1cccc2ncccc12.Cc1ccnc2ccccc12.Cc1ccncn1.Cc1cncc2ccccc12.Cc1cncnc1.Cc1ncncn1. The van der Waals surface area contributed by atoms with Crippen LogP contribution in [-0.2, 0) is 0 Å². The third kappa shape index (κ3) is 43.4. The van der Waals surface area contributed by atoms with Crippen molar-refractivity contribution in [1.29, 1.82) is 0 Å². The lowest BCUT2D eigenvalue weighted by Gasteiger charge is -1.98. The van der Waals surface area contributed by atoms with Gasteiger partial charge in [0.25, 0.3) is 0 Å². The second-order valence-corrected chi connectivity index (χ2v) is 19.9. The standard InChI is InChI=1S/6C10H9N.2C5H6N2.C4H5N3.9C2H6.3CH4/c1-8-4-2-6-10-9(8)5-3-7-11-10;1-8-4-2-5-9-6-3-7-11-10(8)9;1-8-3-2-4-9-7-11-6-5-10(8)9;1-8-3-2-4-9-5-6-11-7-10(8)9;1-8-6-11-7-9-4-2-3-5-10(8)9;1-8-6-7-11-10-5-3-2-4-9(8)10;1-5-2-6-4-7-3-5;1-5-2-3-6-4-7-5;1-4-6-2-5-3-7-4;9*1-2;;;/h6*2-7H,1H3;2*2-4H,1H3;2-3H,1H3;9*1-2H3;3*1H4. The molecule has 0 bridgehead atoms. The fraction of sp³-hybridized carbons (Fsp3) is 0.316. The molecule has 0 fully saturated rings. The van der Waals surface area contributed by atoms with Crippen LogP contribution in [0.3, 0.4) is 0 Å². The van der Waals surface area contributed by atoms with Crippen LogP contribution in [0.4, 0.5) is 0 Å². The van der Waals surface area contributed by atoms with Gasteiger partial charge in [0.1, 0.15) is 31.1 Å². The largest absolute Gasteiger partial charge is 0.264 e. The smallest absolute Gasteiger partial charge is 0.128 e. The van der Waals surface area contributed by atoms with Crippen molar-refractivity contribution in [2.75, 3.05) is 0 Å². The molecule has 9 aromatic heterocycles. The van der Waals surface area contributed by atoms with Crippen LogP contribution in [0.5, 0.6) is 0 Å². The van der Waals surface area contributed by atoms with E-state index in [-0.39, 0.29) is 22.3 Å². The van der Waals surface area contributed by atoms with Crippen molar-refractivity contribution in [3.05, 3.63) is 320 Å². The summed E-state index contributed by atoms with van der Waals surface area (Å²) in [6, 6.07) is 57.4. The van der Waals surface area contributed by atoms with Crippen molar-refractivity contribution < 1.29 is 0 Å². The minimum Gasteiger partial charge on any atom is -0.264 e. The van der Waals surface area contributed by atoms with Crippen molar-refractivity contribution in [1.82, 2.24) is 64.8 Å². The van der Waals surface area contributed by atoms with Crippen molar-refractivity contribution in [3.8, 4) is 0 Å². The number of rotatable bonds is 0. The first-order valence-electron chi connectivity index (χ1n) is 37.3. The monoisotopic (exact) mass is 1460 g/mol. The molecule has 0 atom stereocenters. The van der Waals surface area contributed by atoms with Gasteiger partial charge < -0.3 is 0 Å². The van der Waals surface area contributed by atoms with E-state index < -0.39 is 0 Å². The number of pyridine rings is 6. The molecule has 6 aromatic carbocycles. The van der Waals surface area contributed by atoms with E-state index in [0.717, 1.165) is 33.6 Å². The average molecular weight is 1460 g/mol. The second-order valence-electron chi connectivity index (χ2n) is 19.9. The van der Waals surface area contributed by atoms with Crippen LogP contribution in [0.15, 0.2) is 270 Å². The summed E-state index contributed by atoms with van der Waals surface area (Å²) in [5, 5.41) is 11.2. The summed E-state index contributed by atoms with van der Waals surface area (Å²) >= 11 is 0. The van der Waals surface area contributed by atoms with E-state index in [9.17, 15) is 0 Å². The van der Waals surface area contributed by atoms with E-state index in [1.54, 1.807) is 18.6 Å². The zero-order valence-electron chi connectivity index (χ0n) is 68.7. The molecule has 0 saturated carbocycles. The minimum absolute atomic E-state index is 0. The highest BCUT2D eigenvalue weighted by atomic mass is 15.0. The highest BCUT2D eigenvalue weighted by molar-refractivity contribution is 5.86. The van der Waals surface area contributed by atoms with Crippen LogP contribution in [0, 0.1) is 62.3 Å². The lowest BCUT2D eigenvalue weighted by molar-refractivity contribution is 0.974. The summed E-state index contributed by atoms with van der Waals surface area (Å²) in [4.78, 5) is 51.3. The maximum Gasteiger partial charge on any atom is 0.128 e. The predicted molar refractivity (Wildman–Crippen MR) is 479 cm³/mol. The highest BCUT2D eigenvalue weighted by Gasteiger charge is 1.98. The molecule has 0 radical (unpaired) electrons. The van der Waals surface area contributed by atoms with Gasteiger partial charge in [-0.1, -0.05) is 268 Å². The van der Waals surface area contributed by atoms with Gasteiger partial charge in [-0.3, -0.25) is 29.9 Å². The van der Waals surface area contributed by atoms with Gasteiger partial charge in [0.05, 0.1) is 16.6 Å². The Labute approximate surface area is 655 Å². The first-order valence-corrected chi connectivity index (χ1v) is 37.3. The molecule has 0 spiro atoms. The van der Waals surface area contributed by atoms with Crippen LogP contribution in [0.2, 0.25) is 0 Å². The van der Waals surface area contributed by atoms with Gasteiger partial charge in [-0.05, 0) is 166 Å². The van der Waals surface area contributed by atoms with E-state index >= 15 is 0 Å². The van der Waals surface area contributed by atoms with E-state index in [0.29, 0.717) is 0 Å². The van der Waals surface area contributed by atoms with Crippen molar-refractivity contribution in [2.24, 2.45) is 0 Å². The molecule has 9 heterocycles. The van der Waals surface area contributed by atoms with Crippen LogP contribution < -0.4 is 0 Å². The maximum atomic E-state index is 4.28. The Morgan fingerprint density at radius 1 is 0.204 bits per heavy atom. The number of hydrogen-bond donors (Lipinski definition) is 0. The van der Waals surface area contributed by atoms with Crippen LogP contribution >= 0.6 is 0 Å². The predicted octanol–water partition coefficient (Wildman–Crippen LogP) is 28.2. The number of nitrogens with zero attached hydrogens (tertiary/aromatic N) is 13. The Bertz CT molecular complexity index is 3760. The molecule has 0 aliphatic heterocycles. The van der Waals surface area contributed by atoms with E-state index in [2.05, 4.69) is 203 Å². The number of fused-ring (bicyclic) bond motifs is 6. The van der Waals surface area contributed by atoms with Crippen molar-refractivity contribution >= 4 is 65.0 Å². The van der Waals surface area contributed by atoms with Crippen molar-refractivity contribution in [3.63, 3.8) is 0 Å². The second kappa shape index (κ2) is 72.9. The molecule has 0 aliphatic rings. The zero-order valence-corrected chi connectivity index (χ0v) is 68.7. The summed E-state index contributed by atoms with van der Waals surface area (Å²) in [7, 11) is 0. The molecule has 108 heavy (non-hydrogen) atoms. The normalized spacial score (nSPS) is 8.47. The number of aromatic nitrogens is 13. The molecule has 582 valence electrons. The van der Waals surface area contributed by atoms with Crippen LogP contribution in [0.25, 0.3) is 65.0 Å². The number of aryl methyl sites for hydroxylation is 9. The van der Waals surface area contributed by atoms with Crippen LogP contribution in [-0.4, -0.2) is 64.8 Å². The summed E-state index contributed by atoms with van der Waals surface area (Å²) in [5.74, 6) is 0.759. The zero-order chi connectivity index (χ0) is 79.4. The minimum atomic E-state index is 0. The van der Waals surface area contributed by atoms with Gasteiger partial charge in [-0.2, -0.15) is 0 Å². The fourth-order valence-corrected chi connectivity index (χ4v) is 8.60. The number of benzene rings is 6. The van der Waals surface area contributed by atoms with Gasteiger partial charge in [-0.25, -0.2) is 34.9 Å². The number of para-hydroxylation sites is 2. The fourth-order valence-electron chi connectivity index (χ4n) is 8.60. The van der Waals surface area contributed by atoms with Gasteiger partial charge in [-0.15, -0.1) is 0 Å². The Morgan fingerprint density at radius 3 is 1.10 bits per heavy atom. The molecule has 13 heteroatoms. The summed E-state index contributed by atoms with van der Waals surface area (Å²) in [6.07, 6.45) is 28.0. The van der Waals surface area contributed by atoms with Gasteiger partial charge in [0.2, 0.25) is 0 Å². The van der Waals surface area contributed by atoms with Crippen molar-refractivity contribution in [2.45, 2.75) is 209 Å². The maximum absolute atomic E-state index is 4.28. The molecule has 15 rings (SSSR count). The molecular weight excluding hydrogens is 1320 g/mol.